The van der Waals surface area contributed by atoms with Gasteiger partial charge in [-0.3, -0.25) is 19.7 Å². The summed E-state index contributed by atoms with van der Waals surface area (Å²) in [6.45, 7) is 49.2. The van der Waals surface area contributed by atoms with Crippen LogP contribution in [0.4, 0.5) is 22.7 Å². The highest BCUT2D eigenvalue weighted by atomic mass is 35.5. The zero-order valence-electron chi connectivity index (χ0n) is 67.2. The average molecular weight is 1670 g/mol. The number of esters is 1. The average Bonchev–Trinajstić information content (AvgIpc) is 1.63. The number of carbonyl (C=O) groups is 1. The number of nitrogens with two attached hydrogens (primary N) is 1. The fourth-order valence-corrected chi connectivity index (χ4v) is 17.6. The van der Waals surface area contributed by atoms with Gasteiger partial charge in [0, 0.05) is 143 Å². The van der Waals surface area contributed by atoms with E-state index in [-0.39, 0.29) is 34.5 Å². The Morgan fingerprint density at radius 2 is 0.983 bits per heavy atom. The first-order valence-corrected chi connectivity index (χ1v) is 42.9. The van der Waals surface area contributed by atoms with Crippen LogP contribution in [0.25, 0.3) is 119 Å². The second-order valence-electron chi connectivity index (χ2n) is 31.1. The van der Waals surface area contributed by atoms with Gasteiger partial charge in [0.15, 0.2) is 37.6 Å². The maximum Gasteiger partial charge on any atom is 0.308 e. The number of carbonyl (C=O) groups excluding carboxylic acids is 1. The normalized spacial score (nSPS) is 14.3. The van der Waals surface area contributed by atoms with Gasteiger partial charge in [-0.2, -0.15) is 0 Å². The minimum atomic E-state index is -3.78. The fourth-order valence-electron chi connectivity index (χ4n) is 16.0. The van der Waals surface area contributed by atoms with Gasteiger partial charge in [0.2, 0.25) is 10.0 Å². The number of pyridine rings is 4. The molecule has 16 rings (SSSR count). The standard InChI is InChI=1S/C25H28N2O.C24H24ClN3O2.2C22H17ClN4O2S/c1-17-13-24-21(14-23(17)26-4)22(16-27(24)11-6-12-28)20-8-5-7-18-15-25(2,3)10-9-19(18)20;1-14-9-22-18(10-21(14)26-3)20(19-12-27-11-15(2)23(19)25)13-28(22)17-7-5-16(6-8-17)24(29)30-4;1-13-7-20-16(8-19(13)24-3)18(17-11-25-9-14(2)22(17)23)12-27(20)15-5-6-21(26-10-15)30(4,28)29;1-13-8-21-17(9-20(13)25-3)19(18-11-26-10-14(2)22(18)23)12-27(21)15-4-6-16(7-5-15)30(24,28)29/h5,7-8,13-14,16,28H,6,9-12,15H2,1-3H3;9-13,16-17H,5-8H2,1-2,4H3;5-12H,1-2,4H3;4-12H,1-2H3,(H2,24,28,29). The van der Waals surface area contributed by atoms with Crippen LogP contribution >= 0.6 is 34.8 Å². The van der Waals surface area contributed by atoms with E-state index in [0.717, 1.165) is 185 Å². The predicted molar refractivity (Wildman–Crippen MR) is 472 cm³/mol. The van der Waals surface area contributed by atoms with E-state index in [1.807, 2.05) is 100 Å². The Balaban J connectivity index is 0.000000136. The third-order valence-corrected chi connectivity index (χ3v) is 25.8. The van der Waals surface area contributed by atoms with Gasteiger partial charge in [0.1, 0.15) is 0 Å². The first kappa shape index (κ1) is 84.1. The molecule has 0 bridgehead atoms. The number of sulfonamides is 1. The van der Waals surface area contributed by atoms with Gasteiger partial charge in [0.05, 0.1) is 82.2 Å². The molecule has 0 saturated heterocycles. The maximum absolute atomic E-state index is 11.9. The molecule has 0 radical (unpaired) electrons. The van der Waals surface area contributed by atoms with Gasteiger partial charge in [-0.05, 0) is 267 Å². The molecule has 0 atom stereocenters. The number of aliphatic hydroxyl groups is 1. The number of aromatic nitrogens is 8. The van der Waals surface area contributed by atoms with E-state index in [4.69, 9.17) is 71.0 Å². The Labute approximate surface area is 702 Å². The molecule has 0 spiro atoms. The predicted octanol–water partition coefficient (Wildman–Crippen LogP) is 23.0. The molecule has 118 heavy (non-hydrogen) atoms. The van der Waals surface area contributed by atoms with Gasteiger partial charge >= 0.3 is 5.97 Å². The van der Waals surface area contributed by atoms with E-state index in [2.05, 4.69) is 111 Å². The van der Waals surface area contributed by atoms with Crippen molar-refractivity contribution in [1.29, 1.82) is 0 Å². The number of aryl methyl sites for hydroxylation is 8. The van der Waals surface area contributed by atoms with Gasteiger partial charge in [-0.25, -0.2) is 46.3 Å². The molecular formula is C93H86Cl3N13O7S2. The summed E-state index contributed by atoms with van der Waals surface area (Å²) in [7, 11) is -5.71. The van der Waals surface area contributed by atoms with Crippen LogP contribution in [0.3, 0.4) is 0 Å². The van der Waals surface area contributed by atoms with Crippen molar-refractivity contribution in [2.45, 2.75) is 136 Å². The minimum Gasteiger partial charge on any atom is -0.469 e. The molecule has 0 amide bonds. The van der Waals surface area contributed by atoms with Crippen molar-refractivity contribution in [2.24, 2.45) is 16.5 Å². The van der Waals surface area contributed by atoms with E-state index in [1.165, 1.54) is 60.2 Å². The topological polar surface area (TPSA) is 230 Å². The van der Waals surface area contributed by atoms with Gasteiger partial charge in [-0.15, -0.1) is 0 Å². The fraction of sp³-hybridized carbons (Fsp3) is 0.258. The van der Waals surface area contributed by atoms with Crippen molar-refractivity contribution in [3.8, 4) is 55.9 Å². The monoisotopic (exact) mass is 1670 g/mol. The smallest absolute Gasteiger partial charge is 0.308 e. The summed E-state index contributed by atoms with van der Waals surface area (Å²) in [5.41, 5.74) is 25.1. The highest BCUT2D eigenvalue weighted by Gasteiger charge is 2.32. The quantitative estimate of drug-likeness (QED) is 0.0814. The molecular weight excluding hydrogens is 1580 g/mol. The molecule has 2 aliphatic rings. The van der Waals surface area contributed by atoms with Crippen molar-refractivity contribution in [1.82, 2.24) is 38.2 Å². The molecule has 1 fully saturated rings. The molecule has 8 aromatic heterocycles. The zero-order valence-corrected chi connectivity index (χ0v) is 71.1. The molecule has 598 valence electrons. The Hall–Kier alpha value is -11.8. The minimum absolute atomic E-state index is 0.0142. The first-order valence-electron chi connectivity index (χ1n) is 38.3. The van der Waals surface area contributed by atoms with Crippen molar-refractivity contribution < 1.29 is 31.5 Å². The number of nitrogens with zero attached hydrogens (tertiary/aromatic N) is 12. The second kappa shape index (κ2) is 34.4. The van der Waals surface area contributed by atoms with Crippen LogP contribution < -0.4 is 5.14 Å². The lowest BCUT2D eigenvalue weighted by Crippen LogP contribution is -2.24. The summed E-state index contributed by atoms with van der Waals surface area (Å²) >= 11 is 19.8. The maximum atomic E-state index is 11.9. The highest BCUT2D eigenvalue weighted by molar-refractivity contribution is 7.90. The largest absolute Gasteiger partial charge is 0.469 e. The molecule has 8 heterocycles. The lowest BCUT2D eigenvalue weighted by molar-refractivity contribution is -0.146. The number of hydrogen-bond acceptors (Lipinski definition) is 11. The molecule has 20 nitrogen and oxygen atoms in total. The molecule has 0 unspecified atom stereocenters. The lowest BCUT2D eigenvalue weighted by atomic mass is 9.73. The van der Waals surface area contributed by atoms with Gasteiger partial charge < -0.3 is 28.1 Å². The van der Waals surface area contributed by atoms with Crippen molar-refractivity contribution in [3.05, 3.63) is 282 Å². The number of hydrogen-bond donors (Lipinski definition) is 2. The highest BCUT2D eigenvalue weighted by Crippen LogP contribution is 2.47. The second-order valence-corrected chi connectivity index (χ2v) is 35.7. The van der Waals surface area contributed by atoms with Crippen LogP contribution in [0.5, 0.6) is 0 Å². The van der Waals surface area contributed by atoms with E-state index >= 15 is 0 Å². The van der Waals surface area contributed by atoms with Crippen molar-refractivity contribution in [2.75, 3.05) is 20.0 Å². The Morgan fingerprint density at radius 1 is 0.542 bits per heavy atom. The molecule has 3 N–H and O–H groups in total. The van der Waals surface area contributed by atoms with Gasteiger partial charge in [-0.1, -0.05) is 66.8 Å². The van der Waals surface area contributed by atoms with E-state index in [9.17, 15) is 26.7 Å². The van der Waals surface area contributed by atoms with Gasteiger partial charge in [0.25, 0.3) is 0 Å². The summed E-state index contributed by atoms with van der Waals surface area (Å²) in [6.07, 6.45) is 28.8. The number of halogens is 3. The Kier molecular flexibility index (Phi) is 24.5. The lowest BCUT2D eigenvalue weighted by Gasteiger charge is -2.32. The third kappa shape index (κ3) is 17.0. The van der Waals surface area contributed by atoms with E-state index in [0.29, 0.717) is 43.2 Å². The third-order valence-electron chi connectivity index (χ3n) is 22.4. The van der Waals surface area contributed by atoms with Crippen LogP contribution in [-0.2, 0) is 48.8 Å². The zero-order chi connectivity index (χ0) is 84.6. The molecule has 0 aliphatic heterocycles. The van der Waals surface area contributed by atoms with Crippen LogP contribution in [0.2, 0.25) is 15.1 Å². The Morgan fingerprint density at radius 3 is 1.43 bits per heavy atom. The number of methoxy groups -OCH3 is 1. The number of primary sulfonamides is 1. The van der Waals surface area contributed by atoms with Crippen molar-refractivity contribution in [3.63, 3.8) is 0 Å². The van der Waals surface area contributed by atoms with Crippen LogP contribution in [0, 0.1) is 86.1 Å². The first-order chi connectivity index (χ1) is 56.3. The summed E-state index contributed by atoms with van der Waals surface area (Å²) in [5.74, 6) is -0.125. The number of aliphatic hydroxyl groups excluding tert-OH is 1. The molecule has 6 aromatic carbocycles. The number of ether oxygens (including phenoxy) is 1. The summed E-state index contributed by atoms with van der Waals surface area (Å²) in [6, 6.07) is 32.3. The summed E-state index contributed by atoms with van der Waals surface area (Å²) in [5, 5.41) is 20.3. The number of rotatable bonds is 13. The number of benzene rings is 6. The number of fused-ring (bicyclic) bond motifs is 5. The van der Waals surface area contributed by atoms with E-state index < -0.39 is 19.9 Å². The van der Waals surface area contributed by atoms with Crippen LogP contribution in [0.1, 0.15) is 108 Å². The summed E-state index contributed by atoms with van der Waals surface area (Å²) < 4.78 is 60.0. The van der Waals surface area contributed by atoms with Crippen LogP contribution in [-0.4, -0.2) is 86.1 Å². The molecule has 14 aromatic rings. The Bertz CT molecular complexity index is 6540. The number of sulfone groups is 1. The molecule has 2 aliphatic carbocycles. The SMILES string of the molecule is [C-]#[N+]c1cc2c(-c3cccc4c3CCC(C)(C)C4)cn(CCCO)c2cc1C.[C-]#[N+]c1cc2c(-c3cncc(C)c3Cl)cn(-c3ccc(S(C)(=O)=O)nc3)c2cc1C.[C-]#[N+]c1cc2c(-c3cncc(C)c3Cl)cn(-c3ccc(S(N)(=O)=O)cc3)c2cc1C.[C-]#[N+]c1cc2c(-c3cncc(C)c3Cl)cn(C3CCC(C(=O)OC)CC3)c2cc1C. The molecule has 25 heteroatoms. The summed E-state index contributed by atoms with van der Waals surface area (Å²) in [4.78, 5) is 43.6. The van der Waals surface area contributed by atoms with E-state index in [1.54, 1.807) is 55.4 Å². The molecule has 1 saturated carbocycles. The van der Waals surface area contributed by atoms with Crippen LogP contribution in [0.15, 0.2) is 181 Å². The van der Waals surface area contributed by atoms with Crippen molar-refractivity contribution >= 4 is 127 Å².